The zero-order valence-corrected chi connectivity index (χ0v) is 14.6. The van der Waals surface area contributed by atoms with Crippen molar-refractivity contribution in [2.24, 2.45) is 0 Å². The molecule has 1 saturated heterocycles. The topological polar surface area (TPSA) is 67.4 Å². The van der Waals surface area contributed by atoms with Gasteiger partial charge in [0.15, 0.2) is 0 Å². The number of hydrogen-bond acceptors (Lipinski definition) is 4. The van der Waals surface area contributed by atoms with Crippen LogP contribution in [0.3, 0.4) is 0 Å². The predicted octanol–water partition coefficient (Wildman–Crippen LogP) is 2.67. The Morgan fingerprint density at radius 2 is 2.08 bits per heavy atom. The van der Waals surface area contributed by atoms with Crippen LogP contribution >= 0.6 is 0 Å². The number of para-hydroxylation sites is 1. The maximum absolute atomic E-state index is 12.4. The normalized spacial score (nSPS) is 17.5. The fraction of sp³-hybridized carbons (Fsp3) is 0.350. The molecule has 0 radical (unpaired) electrons. The summed E-state index contributed by atoms with van der Waals surface area (Å²) in [6.07, 6.45) is 11.6. The van der Waals surface area contributed by atoms with E-state index in [1.54, 1.807) is 18.6 Å². The van der Waals surface area contributed by atoms with E-state index in [1.165, 1.54) is 0 Å². The van der Waals surface area contributed by atoms with Crippen molar-refractivity contribution in [2.45, 2.75) is 24.9 Å². The first-order valence-electron chi connectivity index (χ1n) is 8.99. The molecule has 6 heteroatoms. The Hall–Kier alpha value is -2.89. The van der Waals surface area contributed by atoms with E-state index in [9.17, 15) is 4.79 Å². The van der Waals surface area contributed by atoms with Gasteiger partial charge in [0.05, 0.1) is 5.69 Å². The quantitative estimate of drug-likeness (QED) is 0.924. The fourth-order valence-corrected chi connectivity index (χ4v) is 3.43. The number of benzene rings is 1. The number of carbonyl (C=O) groups excluding carboxylic acids is 1. The van der Waals surface area contributed by atoms with Gasteiger partial charge in [0.1, 0.15) is 11.4 Å². The molecule has 1 N–H and O–H groups in total. The van der Waals surface area contributed by atoms with Crippen LogP contribution in [-0.2, 0) is 6.42 Å². The molecule has 2 aliphatic heterocycles. The van der Waals surface area contributed by atoms with Crippen LogP contribution in [0, 0.1) is 0 Å². The summed E-state index contributed by atoms with van der Waals surface area (Å²) < 4.78 is 6.27. The molecule has 1 aromatic heterocycles. The Kier molecular flexibility index (Phi) is 4.56. The summed E-state index contributed by atoms with van der Waals surface area (Å²) >= 11 is 0. The molecule has 1 aromatic carbocycles. The molecular formula is C20H22N4O2. The molecule has 2 aromatic rings. The van der Waals surface area contributed by atoms with Gasteiger partial charge in [-0.2, -0.15) is 0 Å². The van der Waals surface area contributed by atoms with Crippen LogP contribution in [0.2, 0.25) is 0 Å². The zero-order valence-electron chi connectivity index (χ0n) is 14.6. The predicted molar refractivity (Wildman–Crippen MR) is 98.8 cm³/mol. The summed E-state index contributed by atoms with van der Waals surface area (Å²) in [7, 11) is 0. The molecule has 2 aliphatic rings. The highest BCUT2D eigenvalue weighted by Crippen LogP contribution is 2.36. The van der Waals surface area contributed by atoms with Crippen molar-refractivity contribution < 1.29 is 9.53 Å². The summed E-state index contributed by atoms with van der Waals surface area (Å²) in [6.45, 7) is 1.93. The van der Waals surface area contributed by atoms with Gasteiger partial charge in [0.25, 0.3) is 0 Å². The number of piperidine rings is 1. The van der Waals surface area contributed by atoms with Gasteiger partial charge in [-0.25, -0.2) is 4.79 Å². The Morgan fingerprint density at radius 1 is 1.23 bits per heavy atom. The maximum Gasteiger partial charge on any atom is 0.317 e. The minimum absolute atomic E-state index is 0.0241. The number of nitrogens with one attached hydrogen (secondary N) is 1. The van der Waals surface area contributed by atoms with Crippen molar-refractivity contribution in [1.29, 1.82) is 0 Å². The number of urea groups is 1. The standard InChI is InChI=1S/C20H22N4O2/c25-19(23-10-6-17-15-21-11-12-22-17)24-13-8-20(9-14-24)7-5-16-3-1-2-4-18(16)26-20/h1-5,7,11-12,15H,6,8-10,13-14H2,(H,23,25). The first-order chi connectivity index (χ1) is 12.7. The third kappa shape index (κ3) is 3.54. The second-order valence-corrected chi connectivity index (χ2v) is 6.70. The van der Waals surface area contributed by atoms with Gasteiger partial charge in [0, 0.05) is 63.1 Å². The second-order valence-electron chi connectivity index (χ2n) is 6.70. The van der Waals surface area contributed by atoms with Crippen LogP contribution in [0.1, 0.15) is 24.1 Å². The zero-order chi connectivity index (χ0) is 17.8. The third-order valence-corrected chi connectivity index (χ3v) is 4.97. The number of carbonyl (C=O) groups is 1. The van der Waals surface area contributed by atoms with Gasteiger partial charge < -0.3 is 15.0 Å². The molecule has 0 atom stereocenters. The molecule has 1 spiro atoms. The molecule has 4 rings (SSSR count). The molecule has 0 aliphatic carbocycles. The molecule has 0 unspecified atom stereocenters. The van der Waals surface area contributed by atoms with E-state index in [2.05, 4.69) is 33.5 Å². The van der Waals surface area contributed by atoms with Crippen molar-refractivity contribution in [3.05, 3.63) is 60.2 Å². The summed E-state index contributed by atoms with van der Waals surface area (Å²) in [5, 5.41) is 2.97. The van der Waals surface area contributed by atoms with E-state index < -0.39 is 0 Å². The number of nitrogens with zero attached hydrogens (tertiary/aromatic N) is 3. The van der Waals surface area contributed by atoms with Crippen LogP contribution in [0.15, 0.2) is 48.9 Å². The molecule has 1 fully saturated rings. The first-order valence-corrected chi connectivity index (χ1v) is 8.99. The third-order valence-electron chi connectivity index (χ3n) is 4.97. The minimum Gasteiger partial charge on any atom is -0.482 e. The number of amides is 2. The van der Waals surface area contributed by atoms with Crippen LogP contribution in [0.5, 0.6) is 5.75 Å². The Labute approximate surface area is 152 Å². The summed E-state index contributed by atoms with van der Waals surface area (Å²) in [4.78, 5) is 22.5. The highest BCUT2D eigenvalue weighted by atomic mass is 16.5. The van der Waals surface area contributed by atoms with Gasteiger partial charge in [-0.1, -0.05) is 24.3 Å². The number of likely N-dealkylation sites (tertiary alicyclic amines) is 1. The van der Waals surface area contributed by atoms with Crippen LogP contribution < -0.4 is 10.1 Å². The monoisotopic (exact) mass is 350 g/mol. The maximum atomic E-state index is 12.4. The van der Waals surface area contributed by atoms with Crippen molar-refractivity contribution in [2.75, 3.05) is 19.6 Å². The van der Waals surface area contributed by atoms with Crippen LogP contribution in [-0.4, -0.2) is 46.1 Å². The average Bonchev–Trinajstić information content (AvgIpc) is 2.69. The number of aromatic nitrogens is 2. The lowest BCUT2D eigenvalue weighted by molar-refractivity contribution is 0.0498. The van der Waals surface area contributed by atoms with E-state index in [0.29, 0.717) is 26.1 Å². The minimum atomic E-state index is -0.287. The van der Waals surface area contributed by atoms with Crippen molar-refractivity contribution in [1.82, 2.24) is 20.2 Å². The second kappa shape index (κ2) is 7.15. The highest BCUT2D eigenvalue weighted by Gasteiger charge is 2.37. The van der Waals surface area contributed by atoms with E-state index in [0.717, 1.165) is 29.8 Å². The average molecular weight is 350 g/mol. The van der Waals surface area contributed by atoms with Crippen molar-refractivity contribution >= 4 is 12.1 Å². The van der Waals surface area contributed by atoms with Gasteiger partial charge in [-0.3, -0.25) is 9.97 Å². The summed E-state index contributed by atoms with van der Waals surface area (Å²) in [5.41, 5.74) is 1.71. The number of rotatable bonds is 3. The van der Waals surface area contributed by atoms with Gasteiger partial charge >= 0.3 is 6.03 Å². The molecule has 26 heavy (non-hydrogen) atoms. The van der Waals surface area contributed by atoms with Crippen molar-refractivity contribution in [3.63, 3.8) is 0 Å². The van der Waals surface area contributed by atoms with E-state index in [1.807, 2.05) is 23.1 Å². The molecule has 6 nitrogen and oxygen atoms in total. The Morgan fingerprint density at radius 3 is 2.88 bits per heavy atom. The summed E-state index contributed by atoms with van der Waals surface area (Å²) in [6, 6.07) is 8.04. The van der Waals surface area contributed by atoms with Gasteiger partial charge in [-0.15, -0.1) is 0 Å². The number of ether oxygens (including phenoxy) is 1. The highest BCUT2D eigenvalue weighted by molar-refractivity contribution is 5.74. The smallest absolute Gasteiger partial charge is 0.317 e. The Bertz CT molecular complexity index is 798. The lowest BCUT2D eigenvalue weighted by atomic mass is 9.88. The van der Waals surface area contributed by atoms with E-state index >= 15 is 0 Å². The van der Waals surface area contributed by atoms with Crippen molar-refractivity contribution in [3.8, 4) is 5.75 Å². The fourth-order valence-electron chi connectivity index (χ4n) is 3.43. The number of hydrogen-bond donors (Lipinski definition) is 1. The SMILES string of the molecule is O=C(NCCc1cnccn1)N1CCC2(C=Cc3ccccc3O2)CC1. The first kappa shape index (κ1) is 16.6. The summed E-state index contributed by atoms with van der Waals surface area (Å²) in [5.74, 6) is 0.928. The van der Waals surface area contributed by atoms with Crippen LogP contribution in [0.4, 0.5) is 4.79 Å². The van der Waals surface area contributed by atoms with Gasteiger partial charge in [0.2, 0.25) is 0 Å². The molecule has 0 bridgehead atoms. The van der Waals surface area contributed by atoms with E-state index in [-0.39, 0.29) is 11.6 Å². The number of fused-ring (bicyclic) bond motifs is 1. The molecule has 2 amide bonds. The lowest BCUT2D eigenvalue weighted by Crippen LogP contribution is -2.52. The van der Waals surface area contributed by atoms with E-state index in [4.69, 9.17) is 4.74 Å². The van der Waals surface area contributed by atoms with Crippen LogP contribution in [0.25, 0.3) is 6.08 Å². The molecule has 134 valence electrons. The largest absolute Gasteiger partial charge is 0.482 e. The van der Waals surface area contributed by atoms with Gasteiger partial charge in [-0.05, 0) is 12.1 Å². The Balaban J connectivity index is 1.28. The molecule has 0 saturated carbocycles. The lowest BCUT2D eigenvalue weighted by Gasteiger charge is -2.41. The molecular weight excluding hydrogens is 328 g/mol. The molecule has 3 heterocycles.